The highest BCUT2D eigenvalue weighted by molar-refractivity contribution is 5.96. The molecule has 2 aromatic heterocycles. The van der Waals surface area contributed by atoms with Crippen molar-refractivity contribution in [3.8, 4) is 5.75 Å². The Labute approximate surface area is 202 Å². The smallest absolute Gasteiger partial charge is 0.339 e. The number of furan rings is 1. The van der Waals surface area contributed by atoms with Gasteiger partial charge in [-0.25, -0.2) is 4.79 Å². The van der Waals surface area contributed by atoms with E-state index in [0.717, 1.165) is 33.2 Å². The SMILES string of the molecule is Cc1coc2cc3oc(=O)c(CCC(=O)Nc4ccc(OCc5ccccc5)cc4)c(C)c3cc12. The predicted octanol–water partition coefficient (Wildman–Crippen LogP) is 6.31. The molecule has 1 amide bonds. The van der Waals surface area contributed by atoms with Crippen molar-refractivity contribution in [1.29, 1.82) is 0 Å². The van der Waals surface area contributed by atoms with Gasteiger partial charge in [0.05, 0.1) is 6.26 Å². The Morgan fingerprint density at radius 1 is 0.943 bits per heavy atom. The number of amides is 1. The van der Waals surface area contributed by atoms with Crippen LogP contribution in [0.1, 0.15) is 28.7 Å². The summed E-state index contributed by atoms with van der Waals surface area (Å²) in [4.78, 5) is 25.2. The molecular formula is C29H25NO5. The Balaban J connectivity index is 1.23. The first-order valence-electron chi connectivity index (χ1n) is 11.5. The van der Waals surface area contributed by atoms with Crippen LogP contribution in [0.4, 0.5) is 5.69 Å². The molecule has 5 rings (SSSR count). The second kappa shape index (κ2) is 9.50. The fourth-order valence-electron chi connectivity index (χ4n) is 4.16. The highest BCUT2D eigenvalue weighted by Crippen LogP contribution is 2.29. The number of benzene rings is 3. The van der Waals surface area contributed by atoms with E-state index in [2.05, 4.69) is 5.32 Å². The van der Waals surface area contributed by atoms with Crippen LogP contribution in [0.3, 0.4) is 0 Å². The van der Waals surface area contributed by atoms with Crippen LogP contribution < -0.4 is 15.7 Å². The lowest BCUT2D eigenvalue weighted by Crippen LogP contribution is -2.16. The lowest BCUT2D eigenvalue weighted by atomic mass is 10.0. The summed E-state index contributed by atoms with van der Waals surface area (Å²) in [5.74, 6) is 0.543. The lowest BCUT2D eigenvalue weighted by Gasteiger charge is -2.10. The number of aryl methyl sites for hydroxylation is 2. The fourth-order valence-corrected chi connectivity index (χ4v) is 4.16. The Kier molecular flexibility index (Phi) is 6.10. The molecule has 3 aromatic carbocycles. The van der Waals surface area contributed by atoms with E-state index in [-0.39, 0.29) is 18.7 Å². The van der Waals surface area contributed by atoms with Gasteiger partial charge in [0.25, 0.3) is 0 Å². The van der Waals surface area contributed by atoms with Crippen molar-refractivity contribution < 1.29 is 18.4 Å². The van der Waals surface area contributed by atoms with Crippen molar-refractivity contribution in [2.45, 2.75) is 33.3 Å². The normalized spacial score (nSPS) is 11.1. The van der Waals surface area contributed by atoms with Crippen molar-refractivity contribution in [3.05, 3.63) is 106 Å². The van der Waals surface area contributed by atoms with Crippen LogP contribution in [-0.2, 0) is 17.8 Å². The van der Waals surface area contributed by atoms with Crippen LogP contribution in [0.15, 0.2) is 86.6 Å². The van der Waals surface area contributed by atoms with E-state index in [4.69, 9.17) is 13.6 Å². The molecule has 0 aliphatic carbocycles. The van der Waals surface area contributed by atoms with Gasteiger partial charge in [-0.05, 0) is 67.3 Å². The summed E-state index contributed by atoms with van der Waals surface area (Å²) < 4.78 is 16.9. The molecule has 0 saturated carbocycles. The van der Waals surface area contributed by atoms with Gasteiger partial charge in [0.15, 0.2) is 0 Å². The summed E-state index contributed by atoms with van der Waals surface area (Å²) in [7, 11) is 0. The van der Waals surface area contributed by atoms with Gasteiger partial charge in [0.1, 0.15) is 23.5 Å². The number of carbonyl (C=O) groups is 1. The van der Waals surface area contributed by atoms with Crippen molar-refractivity contribution >= 4 is 33.5 Å². The van der Waals surface area contributed by atoms with Gasteiger partial charge in [-0.2, -0.15) is 0 Å². The summed E-state index contributed by atoms with van der Waals surface area (Å²) in [5.41, 5.74) is 4.85. The lowest BCUT2D eigenvalue weighted by molar-refractivity contribution is -0.116. The zero-order valence-corrected chi connectivity index (χ0v) is 19.6. The summed E-state index contributed by atoms with van der Waals surface area (Å²) in [6.07, 6.45) is 2.14. The molecule has 0 aliphatic rings. The van der Waals surface area contributed by atoms with E-state index in [9.17, 15) is 9.59 Å². The first-order valence-corrected chi connectivity index (χ1v) is 11.5. The fraction of sp³-hybridized carbons (Fsp3) is 0.172. The Morgan fingerprint density at radius 2 is 1.71 bits per heavy atom. The zero-order chi connectivity index (χ0) is 24.4. The molecule has 2 heterocycles. The Bertz CT molecular complexity index is 1560. The van der Waals surface area contributed by atoms with E-state index in [1.807, 2.05) is 62.4 Å². The standard InChI is InChI=1S/C29H25NO5/c1-18-16-34-26-15-27-25(14-24(18)26)19(2)23(29(32)35-27)12-13-28(31)30-21-8-10-22(11-9-21)33-17-20-6-4-3-5-7-20/h3-11,14-16H,12-13,17H2,1-2H3,(H,30,31). The maximum atomic E-state index is 12.6. The third kappa shape index (κ3) is 4.82. The van der Waals surface area contributed by atoms with E-state index < -0.39 is 5.63 Å². The Hall–Kier alpha value is -4.32. The number of hydrogen-bond acceptors (Lipinski definition) is 5. The van der Waals surface area contributed by atoms with Crippen molar-refractivity contribution in [1.82, 2.24) is 0 Å². The highest BCUT2D eigenvalue weighted by atomic mass is 16.5. The van der Waals surface area contributed by atoms with Crippen molar-refractivity contribution in [2.75, 3.05) is 5.32 Å². The molecule has 5 aromatic rings. The monoisotopic (exact) mass is 467 g/mol. The third-order valence-corrected chi connectivity index (χ3v) is 6.16. The Morgan fingerprint density at radius 3 is 2.49 bits per heavy atom. The third-order valence-electron chi connectivity index (χ3n) is 6.16. The summed E-state index contributed by atoms with van der Waals surface area (Å²) in [6.45, 7) is 4.34. The first-order chi connectivity index (χ1) is 17.0. The number of anilines is 1. The number of carbonyl (C=O) groups excluding carboxylic acids is 1. The van der Waals surface area contributed by atoms with Gasteiger partial charge >= 0.3 is 5.63 Å². The van der Waals surface area contributed by atoms with Gasteiger partial charge < -0.3 is 18.9 Å². The number of nitrogens with one attached hydrogen (secondary N) is 1. The molecule has 0 atom stereocenters. The zero-order valence-electron chi connectivity index (χ0n) is 19.6. The van der Waals surface area contributed by atoms with E-state index in [0.29, 0.717) is 29.0 Å². The maximum Gasteiger partial charge on any atom is 0.339 e. The van der Waals surface area contributed by atoms with Crippen LogP contribution in [0.2, 0.25) is 0 Å². The summed E-state index contributed by atoms with van der Waals surface area (Å²) in [5, 5.41) is 4.71. The van der Waals surface area contributed by atoms with Crippen molar-refractivity contribution in [3.63, 3.8) is 0 Å². The average molecular weight is 468 g/mol. The van der Waals surface area contributed by atoms with Crippen LogP contribution >= 0.6 is 0 Å². The largest absolute Gasteiger partial charge is 0.489 e. The molecule has 0 fully saturated rings. The summed E-state index contributed by atoms with van der Waals surface area (Å²) in [6, 6.07) is 20.9. The van der Waals surface area contributed by atoms with Crippen molar-refractivity contribution in [2.24, 2.45) is 0 Å². The molecule has 0 spiro atoms. The van der Waals surface area contributed by atoms with E-state index in [1.165, 1.54) is 0 Å². The first kappa shape index (κ1) is 22.5. The molecule has 0 aliphatic heterocycles. The van der Waals surface area contributed by atoms with Gasteiger partial charge in [0.2, 0.25) is 5.91 Å². The quantitative estimate of drug-likeness (QED) is 0.284. The molecule has 0 unspecified atom stereocenters. The minimum absolute atomic E-state index is 0.163. The van der Waals surface area contributed by atoms with E-state index in [1.54, 1.807) is 24.5 Å². The van der Waals surface area contributed by atoms with E-state index >= 15 is 0 Å². The summed E-state index contributed by atoms with van der Waals surface area (Å²) >= 11 is 0. The molecular weight excluding hydrogens is 442 g/mol. The predicted molar refractivity (Wildman–Crippen MR) is 136 cm³/mol. The maximum absolute atomic E-state index is 12.6. The van der Waals surface area contributed by atoms with Gasteiger partial charge in [0, 0.05) is 34.5 Å². The number of rotatable bonds is 7. The molecule has 0 saturated heterocycles. The number of fused-ring (bicyclic) bond motifs is 2. The second-order valence-electron chi connectivity index (χ2n) is 8.60. The van der Waals surface area contributed by atoms with Crippen LogP contribution in [-0.4, -0.2) is 5.91 Å². The van der Waals surface area contributed by atoms with Gasteiger partial charge in [-0.1, -0.05) is 30.3 Å². The highest BCUT2D eigenvalue weighted by Gasteiger charge is 2.15. The minimum atomic E-state index is -0.426. The van der Waals surface area contributed by atoms with Crippen LogP contribution in [0, 0.1) is 13.8 Å². The molecule has 35 heavy (non-hydrogen) atoms. The molecule has 1 N–H and O–H groups in total. The molecule has 6 heteroatoms. The molecule has 0 bridgehead atoms. The van der Waals surface area contributed by atoms with Crippen LogP contribution in [0.5, 0.6) is 5.75 Å². The topological polar surface area (TPSA) is 81.7 Å². The second-order valence-corrected chi connectivity index (χ2v) is 8.60. The molecule has 6 nitrogen and oxygen atoms in total. The number of ether oxygens (including phenoxy) is 1. The van der Waals surface area contributed by atoms with Gasteiger partial charge in [-0.15, -0.1) is 0 Å². The van der Waals surface area contributed by atoms with Crippen LogP contribution in [0.25, 0.3) is 21.9 Å². The number of hydrogen-bond donors (Lipinski definition) is 1. The molecule has 0 radical (unpaired) electrons. The molecule has 176 valence electrons. The minimum Gasteiger partial charge on any atom is -0.489 e. The van der Waals surface area contributed by atoms with Gasteiger partial charge in [-0.3, -0.25) is 4.79 Å². The average Bonchev–Trinajstić information content (AvgIpc) is 3.22.